The van der Waals surface area contributed by atoms with Crippen LogP contribution in [0.2, 0.25) is 0 Å². The Hall–Kier alpha value is -2.42. The van der Waals surface area contributed by atoms with Crippen LogP contribution in [-0.4, -0.2) is 11.7 Å². The number of hydrogen-bond acceptors (Lipinski definition) is 3. The third-order valence-corrected chi connectivity index (χ3v) is 5.19. The first-order chi connectivity index (χ1) is 13.6. The molecule has 3 rings (SSSR count). The van der Waals surface area contributed by atoms with Gasteiger partial charge in [-0.1, -0.05) is 92.9 Å². The number of oxime groups is 1. The number of carbonyl (C=O) groups is 1. The maximum absolute atomic E-state index is 11.8. The van der Waals surface area contributed by atoms with Gasteiger partial charge >= 0.3 is 5.97 Å². The van der Waals surface area contributed by atoms with E-state index in [2.05, 4.69) is 53.7 Å². The van der Waals surface area contributed by atoms with Crippen LogP contribution in [0.25, 0.3) is 0 Å². The van der Waals surface area contributed by atoms with Crippen molar-refractivity contribution in [2.45, 2.75) is 58.8 Å². The van der Waals surface area contributed by atoms with Crippen LogP contribution >= 0.6 is 0 Å². The predicted octanol–water partition coefficient (Wildman–Crippen LogP) is 5.96. The number of nitrogens with zero attached hydrogens (tertiary/aromatic N) is 1. The van der Waals surface area contributed by atoms with E-state index in [1.54, 1.807) is 0 Å². The van der Waals surface area contributed by atoms with Crippen LogP contribution in [0.5, 0.6) is 0 Å². The second kappa shape index (κ2) is 10.2. The summed E-state index contributed by atoms with van der Waals surface area (Å²) in [6.45, 7) is 3.66. The fraction of sp³-hybridized carbons (Fsp3) is 0.440. The van der Waals surface area contributed by atoms with E-state index in [1.807, 2.05) is 19.9 Å². The molecule has 0 saturated heterocycles. The molecule has 28 heavy (non-hydrogen) atoms. The van der Waals surface area contributed by atoms with Gasteiger partial charge in [0.25, 0.3) is 0 Å². The Labute approximate surface area is 168 Å². The smallest absolute Gasteiger partial charge is 0.318 e. The molecule has 0 atom stereocenters. The van der Waals surface area contributed by atoms with E-state index in [4.69, 9.17) is 4.84 Å². The molecule has 0 N–H and O–H groups in total. The second-order valence-electron chi connectivity index (χ2n) is 8.21. The molecule has 2 aromatic carbocycles. The molecular formula is C25H31NO2. The average Bonchev–Trinajstić information content (AvgIpc) is 3.52. The normalized spacial score (nSPS) is 14.3. The molecule has 1 aliphatic rings. The van der Waals surface area contributed by atoms with Gasteiger partial charge in [0.05, 0.1) is 11.6 Å². The molecule has 0 heterocycles. The molecule has 0 spiro atoms. The van der Waals surface area contributed by atoms with Crippen molar-refractivity contribution in [3.8, 4) is 0 Å². The topological polar surface area (TPSA) is 38.7 Å². The van der Waals surface area contributed by atoms with Gasteiger partial charge in [-0.3, -0.25) is 0 Å². The van der Waals surface area contributed by atoms with E-state index in [-0.39, 0.29) is 11.9 Å². The summed E-state index contributed by atoms with van der Waals surface area (Å²) in [5, 5.41) is 4.21. The number of hydrogen-bond donors (Lipinski definition) is 0. The van der Waals surface area contributed by atoms with Crippen LogP contribution in [0.3, 0.4) is 0 Å². The summed E-state index contributed by atoms with van der Waals surface area (Å²) >= 11 is 0. The Morgan fingerprint density at radius 1 is 1.00 bits per heavy atom. The lowest BCUT2D eigenvalue weighted by atomic mass is 10.00. The van der Waals surface area contributed by atoms with Crippen molar-refractivity contribution in [1.82, 2.24) is 0 Å². The van der Waals surface area contributed by atoms with Crippen molar-refractivity contribution < 1.29 is 9.63 Å². The van der Waals surface area contributed by atoms with E-state index >= 15 is 0 Å². The van der Waals surface area contributed by atoms with E-state index in [0.29, 0.717) is 0 Å². The van der Waals surface area contributed by atoms with Crippen molar-refractivity contribution in [2.75, 3.05) is 0 Å². The zero-order valence-corrected chi connectivity index (χ0v) is 17.1. The summed E-state index contributed by atoms with van der Waals surface area (Å²) in [6, 6.07) is 19.2. The molecule has 0 bridgehead atoms. The van der Waals surface area contributed by atoms with Gasteiger partial charge in [0.2, 0.25) is 0 Å². The van der Waals surface area contributed by atoms with Crippen molar-refractivity contribution in [2.24, 2.45) is 17.0 Å². The minimum Gasteiger partial charge on any atom is -0.318 e. The molecule has 0 aromatic heterocycles. The molecular weight excluding hydrogens is 346 g/mol. The van der Waals surface area contributed by atoms with Crippen LogP contribution in [-0.2, 0) is 22.5 Å². The third-order valence-electron chi connectivity index (χ3n) is 5.19. The number of benzene rings is 2. The highest BCUT2D eigenvalue weighted by atomic mass is 16.7. The van der Waals surface area contributed by atoms with Crippen LogP contribution in [0.4, 0.5) is 0 Å². The number of rotatable bonds is 10. The Kier molecular flexibility index (Phi) is 7.41. The summed E-state index contributed by atoms with van der Waals surface area (Å²) in [7, 11) is 0. The first-order valence-corrected chi connectivity index (χ1v) is 10.5. The maximum atomic E-state index is 11.8. The second-order valence-corrected chi connectivity index (χ2v) is 8.21. The molecule has 2 aromatic rings. The highest BCUT2D eigenvalue weighted by Gasteiger charge is 2.20. The minimum atomic E-state index is -0.266. The highest BCUT2D eigenvalue weighted by molar-refractivity contribution is 5.87. The number of carbonyl (C=O) groups excluding carboxylic acids is 1. The summed E-state index contributed by atoms with van der Waals surface area (Å²) in [4.78, 5) is 16.9. The molecule has 1 saturated carbocycles. The molecule has 0 unspecified atom stereocenters. The fourth-order valence-corrected chi connectivity index (χ4v) is 3.22. The lowest BCUT2D eigenvalue weighted by molar-refractivity contribution is -0.147. The predicted molar refractivity (Wildman–Crippen MR) is 114 cm³/mol. The van der Waals surface area contributed by atoms with Gasteiger partial charge in [-0.2, -0.15) is 0 Å². The van der Waals surface area contributed by atoms with Gasteiger partial charge in [-0.25, -0.2) is 4.79 Å². The molecule has 148 valence electrons. The SMILES string of the molecule is CC(C)C(=O)ON=C(CCCC1CC1)Cc1ccc(Cc2ccccc2)cc1. The lowest BCUT2D eigenvalue weighted by Crippen LogP contribution is -2.11. The first-order valence-electron chi connectivity index (χ1n) is 10.5. The summed E-state index contributed by atoms with van der Waals surface area (Å²) in [5.74, 6) is 0.489. The molecule has 0 radical (unpaired) electrons. The highest BCUT2D eigenvalue weighted by Crippen LogP contribution is 2.34. The standard InChI is InChI=1S/C25H31NO2/c1-19(2)25(27)28-26-24(10-6-9-20-11-12-20)18-23-15-13-22(14-16-23)17-21-7-4-3-5-8-21/h3-5,7-8,13-16,19-20H,6,9-12,17-18H2,1-2H3. The van der Waals surface area contributed by atoms with Gasteiger partial charge in [0.15, 0.2) is 0 Å². The van der Waals surface area contributed by atoms with Gasteiger partial charge in [0, 0.05) is 6.42 Å². The molecule has 3 nitrogen and oxygen atoms in total. The van der Waals surface area contributed by atoms with E-state index in [1.165, 1.54) is 36.0 Å². The molecule has 3 heteroatoms. The van der Waals surface area contributed by atoms with Gasteiger partial charge in [0.1, 0.15) is 0 Å². The largest absolute Gasteiger partial charge is 0.337 e. The zero-order valence-electron chi connectivity index (χ0n) is 17.1. The zero-order chi connectivity index (χ0) is 19.8. The molecule has 0 amide bonds. The quantitative estimate of drug-likeness (QED) is 0.291. The Bertz CT molecular complexity index is 774. The van der Waals surface area contributed by atoms with Crippen LogP contribution in [0, 0.1) is 11.8 Å². The third kappa shape index (κ3) is 6.95. The van der Waals surface area contributed by atoms with Gasteiger partial charge in [-0.15, -0.1) is 0 Å². The maximum Gasteiger partial charge on any atom is 0.337 e. The summed E-state index contributed by atoms with van der Waals surface area (Å²) in [5.41, 5.74) is 4.79. The summed E-state index contributed by atoms with van der Waals surface area (Å²) < 4.78 is 0. The van der Waals surface area contributed by atoms with E-state index in [0.717, 1.165) is 37.3 Å². The first kappa shape index (κ1) is 20.3. The van der Waals surface area contributed by atoms with Crippen molar-refractivity contribution in [3.05, 3.63) is 71.3 Å². The lowest BCUT2D eigenvalue weighted by Gasteiger charge is -2.09. The van der Waals surface area contributed by atoms with Crippen LogP contribution in [0.1, 0.15) is 62.6 Å². The summed E-state index contributed by atoms with van der Waals surface area (Å²) in [6.07, 6.45) is 7.70. The minimum absolute atomic E-state index is 0.159. The Balaban J connectivity index is 1.59. The monoisotopic (exact) mass is 377 g/mol. The Morgan fingerprint density at radius 2 is 1.64 bits per heavy atom. The molecule has 1 aliphatic carbocycles. The fourth-order valence-electron chi connectivity index (χ4n) is 3.22. The van der Waals surface area contributed by atoms with Crippen LogP contribution < -0.4 is 0 Å². The van der Waals surface area contributed by atoms with Gasteiger partial charge in [-0.05, 0) is 41.9 Å². The van der Waals surface area contributed by atoms with E-state index < -0.39 is 0 Å². The molecule has 0 aliphatic heterocycles. The average molecular weight is 378 g/mol. The Morgan fingerprint density at radius 3 is 2.29 bits per heavy atom. The molecule has 1 fully saturated rings. The van der Waals surface area contributed by atoms with E-state index in [9.17, 15) is 4.79 Å². The van der Waals surface area contributed by atoms with Crippen molar-refractivity contribution in [3.63, 3.8) is 0 Å². The van der Waals surface area contributed by atoms with Gasteiger partial charge < -0.3 is 4.84 Å². The van der Waals surface area contributed by atoms with Crippen molar-refractivity contribution >= 4 is 11.7 Å². The van der Waals surface area contributed by atoms with Crippen molar-refractivity contribution in [1.29, 1.82) is 0 Å². The van der Waals surface area contributed by atoms with Crippen LogP contribution in [0.15, 0.2) is 59.8 Å².